The van der Waals surface area contributed by atoms with Gasteiger partial charge in [0.25, 0.3) is 5.91 Å². The van der Waals surface area contributed by atoms with Gasteiger partial charge in [0.05, 0.1) is 11.8 Å². The smallest absolute Gasteiger partial charge is 0.255 e. The fraction of sp³-hybridized carbons (Fsp3) is 0.538. The van der Waals surface area contributed by atoms with Crippen LogP contribution in [0.4, 0.5) is 4.39 Å². The Bertz CT molecular complexity index is 418. The van der Waals surface area contributed by atoms with E-state index in [1.807, 2.05) is 11.8 Å². The predicted octanol–water partition coefficient (Wildman–Crippen LogP) is 1.43. The van der Waals surface area contributed by atoms with Crippen LogP contribution in [0.5, 0.6) is 0 Å². The van der Waals surface area contributed by atoms with E-state index in [0.29, 0.717) is 12.1 Å². The first-order chi connectivity index (χ1) is 8.72. The summed E-state index contributed by atoms with van der Waals surface area (Å²) < 4.78 is 13.1. The highest BCUT2D eigenvalue weighted by molar-refractivity contribution is 5.94. The highest BCUT2D eigenvalue weighted by Crippen LogP contribution is 2.15. The van der Waals surface area contributed by atoms with Gasteiger partial charge in [-0.3, -0.25) is 9.78 Å². The molecule has 0 atom stereocenters. The fourth-order valence-electron chi connectivity index (χ4n) is 2.38. The van der Waals surface area contributed by atoms with Crippen molar-refractivity contribution >= 4 is 5.91 Å². The van der Waals surface area contributed by atoms with Crippen LogP contribution in [-0.2, 0) is 0 Å². The van der Waals surface area contributed by atoms with Crippen molar-refractivity contribution < 1.29 is 9.18 Å². The molecule has 1 aliphatic heterocycles. The Kier molecular flexibility index (Phi) is 4.25. The highest BCUT2D eigenvalue weighted by Gasteiger charge is 2.25. The van der Waals surface area contributed by atoms with Gasteiger partial charge in [-0.15, -0.1) is 0 Å². The molecule has 4 nitrogen and oxygen atoms in total. The van der Waals surface area contributed by atoms with E-state index in [-0.39, 0.29) is 11.9 Å². The molecule has 0 unspecified atom stereocenters. The van der Waals surface area contributed by atoms with Gasteiger partial charge in [0.1, 0.15) is 5.82 Å². The summed E-state index contributed by atoms with van der Waals surface area (Å²) in [5, 5.41) is 3.27. The fourth-order valence-corrected chi connectivity index (χ4v) is 2.38. The van der Waals surface area contributed by atoms with Crippen LogP contribution in [0.25, 0.3) is 0 Å². The minimum Gasteiger partial charge on any atom is -0.336 e. The molecule has 0 saturated carbocycles. The monoisotopic (exact) mass is 251 g/mol. The van der Waals surface area contributed by atoms with E-state index in [4.69, 9.17) is 0 Å². The Labute approximate surface area is 106 Å². The maximum Gasteiger partial charge on any atom is 0.255 e. The number of nitrogens with one attached hydrogen (secondary N) is 1. The number of nitrogens with zero attached hydrogens (tertiary/aromatic N) is 2. The molecule has 1 aromatic heterocycles. The summed E-state index contributed by atoms with van der Waals surface area (Å²) >= 11 is 0. The molecule has 5 heteroatoms. The first kappa shape index (κ1) is 13.0. The lowest BCUT2D eigenvalue weighted by Crippen LogP contribution is -2.46. The maximum absolute atomic E-state index is 13.1. The Hall–Kier alpha value is -1.49. The average molecular weight is 251 g/mol. The number of hydrogen-bond donors (Lipinski definition) is 1. The van der Waals surface area contributed by atoms with Crippen molar-refractivity contribution in [1.82, 2.24) is 15.2 Å². The maximum atomic E-state index is 13.1. The minimum atomic E-state index is -0.470. The van der Waals surface area contributed by atoms with Gasteiger partial charge >= 0.3 is 0 Å². The van der Waals surface area contributed by atoms with Crippen molar-refractivity contribution in [3.05, 3.63) is 29.8 Å². The molecule has 98 valence electrons. The topological polar surface area (TPSA) is 45.2 Å². The van der Waals surface area contributed by atoms with Gasteiger partial charge < -0.3 is 10.2 Å². The van der Waals surface area contributed by atoms with Gasteiger partial charge in [-0.2, -0.15) is 0 Å². The van der Waals surface area contributed by atoms with Crippen molar-refractivity contribution in [2.24, 2.45) is 0 Å². The third-order valence-corrected chi connectivity index (χ3v) is 3.30. The van der Waals surface area contributed by atoms with Crippen molar-refractivity contribution in [3.63, 3.8) is 0 Å². The lowest BCUT2D eigenvalue weighted by molar-refractivity contribution is 0.0655. The van der Waals surface area contributed by atoms with Gasteiger partial charge in [0, 0.05) is 18.8 Å². The van der Waals surface area contributed by atoms with Crippen LogP contribution in [0, 0.1) is 5.82 Å². The van der Waals surface area contributed by atoms with Crippen LogP contribution in [-0.4, -0.2) is 41.5 Å². The normalized spacial score (nSPS) is 16.6. The molecular formula is C13H18FN3O. The number of amides is 1. The van der Waals surface area contributed by atoms with Gasteiger partial charge in [-0.25, -0.2) is 4.39 Å². The van der Waals surface area contributed by atoms with Crippen molar-refractivity contribution in [3.8, 4) is 0 Å². The molecule has 1 N–H and O–H groups in total. The lowest BCUT2D eigenvalue weighted by Gasteiger charge is -2.33. The molecule has 1 fully saturated rings. The van der Waals surface area contributed by atoms with E-state index >= 15 is 0 Å². The summed E-state index contributed by atoms with van der Waals surface area (Å²) in [5.41, 5.74) is 0.329. The standard InChI is InChI=1S/C13H18FN3O/c1-2-17(12-3-5-15-6-4-12)13(18)10-7-11(14)9-16-8-10/h7-9,12,15H,2-6H2,1H3. The number of pyridine rings is 1. The van der Waals surface area contributed by atoms with E-state index in [9.17, 15) is 9.18 Å². The molecule has 2 rings (SSSR count). The molecule has 1 aromatic rings. The lowest BCUT2D eigenvalue weighted by atomic mass is 10.0. The summed E-state index contributed by atoms with van der Waals surface area (Å²) in [4.78, 5) is 17.9. The Balaban J connectivity index is 2.14. The predicted molar refractivity (Wildman–Crippen MR) is 66.8 cm³/mol. The Morgan fingerprint density at radius 3 is 2.83 bits per heavy atom. The summed E-state index contributed by atoms with van der Waals surface area (Å²) in [6, 6.07) is 1.49. The third kappa shape index (κ3) is 2.85. The first-order valence-electron chi connectivity index (χ1n) is 6.34. The average Bonchev–Trinajstić information content (AvgIpc) is 2.41. The van der Waals surface area contributed by atoms with Crippen molar-refractivity contribution in [2.45, 2.75) is 25.8 Å². The summed E-state index contributed by atoms with van der Waals surface area (Å²) in [6.45, 7) is 4.44. The van der Waals surface area contributed by atoms with Crippen molar-refractivity contribution in [2.75, 3.05) is 19.6 Å². The van der Waals surface area contributed by atoms with E-state index in [0.717, 1.165) is 32.1 Å². The zero-order valence-electron chi connectivity index (χ0n) is 10.5. The van der Waals surface area contributed by atoms with Crippen molar-refractivity contribution in [1.29, 1.82) is 0 Å². The molecule has 1 saturated heterocycles. The molecule has 0 aliphatic carbocycles. The number of carbonyl (C=O) groups excluding carboxylic acids is 1. The Morgan fingerprint density at radius 2 is 2.22 bits per heavy atom. The number of hydrogen-bond acceptors (Lipinski definition) is 3. The third-order valence-electron chi connectivity index (χ3n) is 3.30. The SMILES string of the molecule is CCN(C(=O)c1cncc(F)c1)C1CCNCC1. The van der Waals surface area contributed by atoms with E-state index in [1.54, 1.807) is 0 Å². The molecule has 18 heavy (non-hydrogen) atoms. The summed E-state index contributed by atoms with van der Waals surface area (Å²) in [5.74, 6) is -0.599. The molecule has 1 amide bonds. The van der Waals surface area contributed by atoms with Crippen LogP contribution in [0.15, 0.2) is 18.5 Å². The zero-order chi connectivity index (χ0) is 13.0. The Morgan fingerprint density at radius 1 is 1.50 bits per heavy atom. The van der Waals surface area contributed by atoms with Gasteiger partial charge in [-0.1, -0.05) is 0 Å². The van der Waals surface area contributed by atoms with Gasteiger partial charge in [0.15, 0.2) is 0 Å². The number of rotatable bonds is 3. The second-order valence-electron chi connectivity index (χ2n) is 4.46. The molecular weight excluding hydrogens is 233 g/mol. The second-order valence-corrected chi connectivity index (χ2v) is 4.46. The minimum absolute atomic E-state index is 0.128. The van der Waals surface area contributed by atoms with E-state index in [2.05, 4.69) is 10.3 Å². The van der Waals surface area contributed by atoms with Gasteiger partial charge in [-0.05, 0) is 38.9 Å². The summed E-state index contributed by atoms with van der Waals surface area (Å²) in [7, 11) is 0. The number of piperidine rings is 1. The van der Waals surface area contributed by atoms with E-state index < -0.39 is 5.82 Å². The molecule has 1 aliphatic rings. The van der Waals surface area contributed by atoms with Crippen LogP contribution in [0.1, 0.15) is 30.1 Å². The quantitative estimate of drug-likeness (QED) is 0.884. The number of aromatic nitrogens is 1. The molecule has 0 bridgehead atoms. The number of carbonyl (C=O) groups is 1. The second kappa shape index (κ2) is 5.91. The molecule has 0 radical (unpaired) electrons. The van der Waals surface area contributed by atoms with Crippen LogP contribution in [0.3, 0.4) is 0 Å². The molecule has 0 spiro atoms. The van der Waals surface area contributed by atoms with Crippen LogP contribution >= 0.6 is 0 Å². The molecule has 2 heterocycles. The zero-order valence-corrected chi connectivity index (χ0v) is 10.5. The first-order valence-corrected chi connectivity index (χ1v) is 6.34. The van der Waals surface area contributed by atoms with E-state index in [1.165, 1.54) is 12.3 Å². The highest BCUT2D eigenvalue weighted by atomic mass is 19.1. The van der Waals surface area contributed by atoms with Crippen LogP contribution < -0.4 is 5.32 Å². The van der Waals surface area contributed by atoms with Gasteiger partial charge in [0.2, 0.25) is 0 Å². The molecule has 0 aromatic carbocycles. The summed E-state index contributed by atoms with van der Waals surface area (Å²) in [6.07, 6.45) is 4.43. The van der Waals surface area contributed by atoms with Crippen LogP contribution in [0.2, 0.25) is 0 Å². The number of halogens is 1. The largest absolute Gasteiger partial charge is 0.336 e.